The maximum absolute atomic E-state index is 10.1. The number of hydrogen-bond acceptors (Lipinski definition) is 4. The molecule has 1 saturated heterocycles. The molecule has 1 fully saturated rings. The van der Waals surface area contributed by atoms with Crippen molar-refractivity contribution in [2.45, 2.75) is 38.6 Å². The summed E-state index contributed by atoms with van der Waals surface area (Å²) in [7, 11) is 0. The fraction of sp³-hybridized carbons (Fsp3) is 0.900. The molecule has 0 unspecified atom stereocenters. The number of hydrazine groups is 1. The van der Waals surface area contributed by atoms with Gasteiger partial charge in [-0.05, 0) is 32.7 Å². The highest BCUT2D eigenvalue weighted by molar-refractivity contribution is 5.76. The summed E-state index contributed by atoms with van der Waals surface area (Å²) in [4.78, 5) is 16.4. The molecule has 17 heavy (non-hydrogen) atoms. The molecule has 0 aromatic carbocycles. The molecule has 1 aliphatic rings. The second-order valence-electron chi connectivity index (χ2n) is 4.37. The van der Waals surface area contributed by atoms with Crippen molar-refractivity contribution in [1.82, 2.24) is 10.3 Å². The third-order valence-corrected chi connectivity index (χ3v) is 3.03. The Labute approximate surface area is 101 Å². The quantitative estimate of drug-likeness (QED) is 0.239. The minimum Gasteiger partial charge on any atom is -0.365 e. The van der Waals surface area contributed by atoms with Gasteiger partial charge in [0.25, 0.3) is 5.96 Å². The summed E-state index contributed by atoms with van der Waals surface area (Å²) >= 11 is 0. The summed E-state index contributed by atoms with van der Waals surface area (Å²) < 4.78 is 0. The lowest BCUT2D eigenvalue weighted by Crippen LogP contribution is -2.38. The minimum absolute atomic E-state index is 0.123. The van der Waals surface area contributed by atoms with Crippen LogP contribution in [0.15, 0.2) is 4.99 Å². The number of hydrogen-bond donors (Lipinski definition) is 2. The molecule has 1 aliphatic heterocycles. The van der Waals surface area contributed by atoms with Crippen LogP contribution in [0.3, 0.4) is 0 Å². The zero-order valence-electron chi connectivity index (χ0n) is 10.3. The van der Waals surface area contributed by atoms with Crippen molar-refractivity contribution in [2.24, 2.45) is 10.7 Å². The summed E-state index contributed by atoms with van der Waals surface area (Å²) in [5, 5.41) is 9.36. The van der Waals surface area contributed by atoms with E-state index < -0.39 is 5.03 Å². The first-order chi connectivity index (χ1) is 8.09. The Morgan fingerprint density at radius 3 is 3.06 bits per heavy atom. The van der Waals surface area contributed by atoms with E-state index in [0.717, 1.165) is 19.5 Å². The summed E-state index contributed by atoms with van der Waals surface area (Å²) in [5.41, 5.74) is 7.13. The van der Waals surface area contributed by atoms with Gasteiger partial charge in [0.05, 0.1) is 0 Å². The molecule has 0 bridgehead atoms. The topological polar surface area (TPSA) is 96.8 Å². The van der Waals surface area contributed by atoms with E-state index in [2.05, 4.69) is 16.8 Å². The van der Waals surface area contributed by atoms with E-state index in [1.165, 1.54) is 19.3 Å². The molecule has 1 rings (SSSR count). The predicted octanol–water partition coefficient (Wildman–Crippen LogP) is 0.347. The largest absolute Gasteiger partial charge is 0.365 e. The van der Waals surface area contributed by atoms with Gasteiger partial charge < -0.3 is 10.6 Å². The number of nitrogens with two attached hydrogens (primary N) is 1. The molecule has 0 aliphatic carbocycles. The van der Waals surface area contributed by atoms with Gasteiger partial charge in [0.1, 0.15) is 0 Å². The Balaban J connectivity index is 2.16. The standard InChI is InChI=1S/C10H21N5O2/c1-9-5-2-3-7-14(9)8-4-6-12-10(11)13-15(16)17/h9H,2-8H2,1H3,(H3,11,12,13)/t9-/m1/s1. The highest BCUT2D eigenvalue weighted by Gasteiger charge is 2.16. The average Bonchev–Trinajstić information content (AvgIpc) is 2.25. The van der Waals surface area contributed by atoms with Crippen LogP contribution in [0.5, 0.6) is 0 Å². The molecule has 3 N–H and O–H groups in total. The first-order valence-corrected chi connectivity index (χ1v) is 6.04. The maximum atomic E-state index is 10.1. The molecule has 7 nitrogen and oxygen atoms in total. The summed E-state index contributed by atoms with van der Waals surface area (Å²) in [6, 6.07) is 0.641. The number of guanidine groups is 1. The monoisotopic (exact) mass is 243 g/mol. The molecule has 0 aromatic rings. The van der Waals surface area contributed by atoms with E-state index in [1.807, 2.05) is 5.43 Å². The van der Waals surface area contributed by atoms with Gasteiger partial charge in [-0.3, -0.25) is 0 Å². The van der Waals surface area contributed by atoms with E-state index in [0.29, 0.717) is 12.6 Å². The lowest BCUT2D eigenvalue weighted by molar-refractivity contribution is -0.525. The molecule has 0 amide bonds. The smallest absolute Gasteiger partial charge is 0.251 e. The fourth-order valence-electron chi connectivity index (χ4n) is 2.09. The van der Waals surface area contributed by atoms with E-state index in [-0.39, 0.29) is 5.96 Å². The molecular formula is C10H21N5O2. The Morgan fingerprint density at radius 2 is 2.41 bits per heavy atom. The zero-order valence-corrected chi connectivity index (χ0v) is 10.3. The second-order valence-corrected chi connectivity index (χ2v) is 4.37. The van der Waals surface area contributed by atoms with Crippen LogP contribution in [-0.4, -0.2) is 41.6 Å². The SMILES string of the molecule is C[C@@H]1CCCCN1CCCN=C(N)N[N+](=O)[O-]. The summed E-state index contributed by atoms with van der Waals surface area (Å²) in [5.74, 6) is -0.123. The molecule has 0 aromatic heterocycles. The van der Waals surface area contributed by atoms with Crippen LogP contribution in [0, 0.1) is 10.1 Å². The van der Waals surface area contributed by atoms with Gasteiger partial charge in [-0.2, -0.15) is 0 Å². The van der Waals surface area contributed by atoms with Gasteiger partial charge in [-0.15, -0.1) is 0 Å². The van der Waals surface area contributed by atoms with Gasteiger partial charge in [0.2, 0.25) is 0 Å². The minimum atomic E-state index is -0.703. The van der Waals surface area contributed by atoms with Crippen molar-refractivity contribution in [3.05, 3.63) is 10.1 Å². The van der Waals surface area contributed by atoms with Crippen molar-refractivity contribution >= 4 is 5.96 Å². The molecule has 1 heterocycles. The van der Waals surface area contributed by atoms with Gasteiger partial charge in [0.15, 0.2) is 5.03 Å². The third-order valence-electron chi connectivity index (χ3n) is 3.03. The lowest BCUT2D eigenvalue weighted by Gasteiger charge is -2.33. The van der Waals surface area contributed by atoms with Crippen molar-refractivity contribution in [3.63, 3.8) is 0 Å². The zero-order chi connectivity index (χ0) is 12.7. The Bertz CT molecular complexity index is 282. The molecule has 98 valence electrons. The van der Waals surface area contributed by atoms with Gasteiger partial charge in [-0.1, -0.05) is 11.8 Å². The second kappa shape index (κ2) is 7.05. The van der Waals surface area contributed by atoms with E-state index >= 15 is 0 Å². The number of nitro groups is 1. The molecule has 0 spiro atoms. The summed E-state index contributed by atoms with van der Waals surface area (Å²) in [6.07, 6.45) is 4.72. The van der Waals surface area contributed by atoms with Crippen LogP contribution in [0.25, 0.3) is 0 Å². The highest BCUT2D eigenvalue weighted by atomic mass is 16.7. The van der Waals surface area contributed by atoms with Crippen molar-refractivity contribution < 1.29 is 5.03 Å². The Kier molecular flexibility index (Phi) is 5.68. The first-order valence-electron chi connectivity index (χ1n) is 6.04. The fourth-order valence-corrected chi connectivity index (χ4v) is 2.09. The highest BCUT2D eigenvalue weighted by Crippen LogP contribution is 2.16. The molecule has 7 heteroatoms. The summed E-state index contributed by atoms with van der Waals surface area (Å²) in [6.45, 7) is 4.89. The maximum Gasteiger partial charge on any atom is 0.251 e. The molecule has 0 radical (unpaired) electrons. The number of likely N-dealkylation sites (tertiary alicyclic amines) is 1. The Hall–Kier alpha value is -1.37. The van der Waals surface area contributed by atoms with Crippen LogP contribution in [0.4, 0.5) is 0 Å². The third kappa shape index (κ3) is 5.48. The van der Waals surface area contributed by atoms with E-state index in [9.17, 15) is 10.1 Å². The average molecular weight is 243 g/mol. The van der Waals surface area contributed by atoms with Gasteiger partial charge in [-0.25, -0.2) is 15.1 Å². The van der Waals surface area contributed by atoms with Crippen LogP contribution >= 0.6 is 0 Å². The van der Waals surface area contributed by atoms with Gasteiger partial charge in [0, 0.05) is 19.1 Å². The lowest BCUT2D eigenvalue weighted by atomic mass is 10.0. The van der Waals surface area contributed by atoms with Crippen LogP contribution < -0.4 is 11.2 Å². The Morgan fingerprint density at radius 1 is 1.65 bits per heavy atom. The van der Waals surface area contributed by atoms with Crippen LogP contribution in [0.1, 0.15) is 32.6 Å². The number of piperidine rings is 1. The van der Waals surface area contributed by atoms with Gasteiger partial charge >= 0.3 is 0 Å². The number of rotatable bonds is 5. The molecule has 0 saturated carbocycles. The van der Waals surface area contributed by atoms with Crippen molar-refractivity contribution in [2.75, 3.05) is 19.6 Å². The van der Waals surface area contributed by atoms with E-state index in [1.54, 1.807) is 0 Å². The van der Waals surface area contributed by atoms with E-state index in [4.69, 9.17) is 5.73 Å². The number of nitrogens with zero attached hydrogens (tertiary/aromatic N) is 3. The van der Waals surface area contributed by atoms with Crippen LogP contribution in [-0.2, 0) is 0 Å². The van der Waals surface area contributed by atoms with Crippen molar-refractivity contribution in [3.8, 4) is 0 Å². The predicted molar refractivity (Wildman–Crippen MR) is 66.1 cm³/mol. The number of aliphatic imine (C=N–C) groups is 1. The first kappa shape index (κ1) is 13.7. The molecule has 1 atom stereocenters. The molecular weight excluding hydrogens is 222 g/mol. The van der Waals surface area contributed by atoms with Crippen LogP contribution in [0.2, 0.25) is 0 Å². The number of nitrogens with one attached hydrogen (secondary N) is 1. The normalized spacial score (nSPS) is 22.4. The van der Waals surface area contributed by atoms with Crippen molar-refractivity contribution in [1.29, 1.82) is 0 Å².